The lowest BCUT2D eigenvalue weighted by molar-refractivity contribution is -0.159. The van der Waals surface area contributed by atoms with E-state index in [1.165, 1.54) is 4.90 Å². The Morgan fingerprint density at radius 3 is 2.00 bits per heavy atom. The van der Waals surface area contributed by atoms with Crippen LogP contribution >= 0.6 is 0 Å². The molecule has 3 amide bonds. The first kappa shape index (κ1) is 31.3. The molecule has 0 bridgehead atoms. The normalized spacial score (nSPS) is 15.4. The maximum absolute atomic E-state index is 13.5. The van der Waals surface area contributed by atoms with Gasteiger partial charge >= 0.3 is 18.2 Å². The van der Waals surface area contributed by atoms with Gasteiger partial charge in [-0.25, -0.2) is 14.5 Å². The van der Waals surface area contributed by atoms with Crippen LogP contribution in [0.2, 0.25) is 0 Å². The van der Waals surface area contributed by atoms with Gasteiger partial charge in [-0.3, -0.25) is 14.5 Å². The van der Waals surface area contributed by atoms with Gasteiger partial charge < -0.3 is 14.2 Å². The van der Waals surface area contributed by atoms with E-state index in [4.69, 9.17) is 14.2 Å². The Bertz CT molecular complexity index is 1370. The smallest absolute Gasteiger partial charge is 0.416 e. The number of imide groups is 1. The molecule has 9 nitrogen and oxygen atoms in total. The van der Waals surface area contributed by atoms with Crippen molar-refractivity contribution in [2.24, 2.45) is 11.3 Å². The van der Waals surface area contributed by atoms with Crippen LogP contribution in [0, 0.1) is 11.3 Å². The third-order valence-corrected chi connectivity index (χ3v) is 7.29. The van der Waals surface area contributed by atoms with E-state index in [0.717, 1.165) is 21.6 Å². The van der Waals surface area contributed by atoms with Crippen LogP contribution in [0.1, 0.15) is 43.9 Å². The molecular formula is C34H38N2O7. The van der Waals surface area contributed by atoms with Gasteiger partial charge in [0.05, 0.1) is 18.5 Å². The van der Waals surface area contributed by atoms with E-state index < -0.39 is 41.4 Å². The molecule has 0 N–H and O–H groups in total. The first-order valence-electron chi connectivity index (χ1n) is 14.3. The number of cyclic esters (lactones) is 1. The van der Waals surface area contributed by atoms with E-state index in [-0.39, 0.29) is 32.9 Å². The van der Waals surface area contributed by atoms with Gasteiger partial charge in [0, 0.05) is 6.42 Å². The van der Waals surface area contributed by atoms with Gasteiger partial charge in [0.25, 0.3) is 0 Å². The van der Waals surface area contributed by atoms with Crippen molar-refractivity contribution >= 4 is 24.1 Å². The van der Waals surface area contributed by atoms with E-state index in [2.05, 4.69) is 0 Å². The molecule has 1 aliphatic rings. The van der Waals surface area contributed by atoms with Crippen molar-refractivity contribution < 1.29 is 33.4 Å². The van der Waals surface area contributed by atoms with E-state index >= 15 is 0 Å². The number of rotatable bonds is 11. The number of hydrogen-bond donors (Lipinski definition) is 0. The molecule has 1 heterocycles. The standard InChI is InChI=1S/C34H38N2O7/c1-34(2,3)29(20-30(37)36-28(23-42-33(36)40)19-25-13-7-4-8-14-25)31(38)43-24-35(21-26-15-9-5-10-16-26)32(39)41-22-27-17-11-6-12-18-27/h4-18,28-29H,19-24H2,1-3H3/t28-,29?/m1/s1. The molecule has 2 atom stereocenters. The summed E-state index contributed by atoms with van der Waals surface area (Å²) in [4.78, 5) is 55.0. The number of benzene rings is 3. The maximum Gasteiger partial charge on any atom is 0.416 e. The van der Waals surface area contributed by atoms with Crippen molar-refractivity contribution in [2.75, 3.05) is 13.3 Å². The maximum atomic E-state index is 13.5. The highest BCUT2D eigenvalue weighted by Gasteiger charge is 2.42. The number of carbonyl (C=O) groups is 4. The van der Waals surface area contributed by atoms with Crippen LogP contribution in [-0.2, 0) is 43.4 Å². The molecule has 1 fully saturated rings. The molecule has 0 aliphatic carbocycles. The number of nitrogens with zero attached hydrogens (tertiary/aromatic N) is 2. The van der Waals surface area contributed by atoms with Crippen molar-refractivity contribution in [3.63, 3.8) is 0 Å². The molecule has 43 heavy (non-hydrogen) atoms. The van der Waals surface area contributed by atoms with Gasteiger partial charge in [-0.2, -0.15) is 0 Å². The second-order valence-electron chi connectivity index (χ2n) is 11.6. The molecule has 0 saturated carbocycles. The van der Waals surface area contributed by atoms with Crippen molar-refractivity contribution in [3.8, 4) is 0 Å². The molecule has 0 aromatic heterocycles. The Morgan fingerprint density at radius 1 is 0.860 bits per heavy atom. The van der Waals surface area contributed by atoms with E-state index in [0.29, 0.717) is 6.42 Å². The SMILES string of the molecule is CC(C)(C)C(CC(=O)N1C(=O)OC[C@H]1Cc1ccccc1)C(=O)OCN(Cc1ccccc1)C(=O)OCc1ccccc1. The van der Waals surface area contributed by atoms with Gasteiger partial charge in [0.2, 0.25) is 5.91 Å². The van der Waals surface area contributed by atoms with Crippen LogP contribution in [0.25, 0.3) is 0 Å². The van der Waals surface area contributed by atoms with Crippen LogP contribution in [0.4, 0.5) is 9.59 Å². The zero-order valence-electron chi connectivity index (χ0n) is 24.8. The average Bonchev–Trinajstić information content (AvgIpc) is 3.36. The highest BCUT2D eigenvalue weighted by atomic mass is 16.6. The molecule has 1 unspecified atom stereocenters. The lowest BCUT2D eigenvalue weighted by atomic mass is 9.78. The van der Waals surface area contributed by atoms with Crippen LogP contribution in [-0.4, -0.2) is 53.2 Å². The number of ether oxygens (including phenoxy) is 3. The second kappa shape index (κ2) is 14.5. The van der Waals surface area contributed by atoms with E-state index in [1.54, 1.807) is 0 Å². The van der Waals surface area contributed by atoms with Gasteiger partial charge in [0.1, 0.15) is 13.2 Å². The lowest BCUT2D eigenvalue weighted by Crippen LogP contribution is -2.44. The number of esters is 1. The summed E-state index contributed by atoms with van der Waals surface area (Å²) in [7, 11) is 0. The van der Waals surface area contributed by atoms with Gasteiger partial charge in [-0.05, 0) is 28.5 Å². The predicted molar refractivity (Wildman–Crippen MR) is 159 cm³/mol. The first-order valence-corrected chi connectivity index (χ1v) is 14.3. The van der Waals surface area contributed by atoms with Gasteiger partial charge in [0.15, 0.2) is 6.73 Å². The van der Waals surface area contributed by atoms with Gasteiger partial charge in [-0.1, -0.05) is 112 Å². The summed E-state index contributed by atoms with van der Waals surface area (Å²) in [6.45, 7) is 5.41. The Morgan fingerprint density at radius 2 is 1.42 bits per heavy atom. The molecule has 0 radical (unpaired) electrons. The highest BCUT2D eigenvalue weighted by Crippen LogP contribution is 2.32. The molecule has 3 aromatic carbocycles. The topological polar surface area (TPSA) is 102 Å². The van der Waals surface area contributed by atoms with Crippen molar-refractivity contribution in [3.05, 3.63) is 108 Å². The Kier molecular flexibility index (Phi) is 10.5. The highest BCUT2D eigenvalue weighted by molar-refractivity contribution is 5.95. The number of carbonyl (C=O) groups excluding carboxylic acids is 4. The van der Waals surface area contributed by atoms with Crippen molar-refractivity contribution in [1.29, 1.82) is 0 Å². The molecule has 226 valence electrons. The fourth-order valence-electron chi connectivity index (χ4n) is 4.84. The van der Waals surface area contributed by atoms with Gasteiger partial charge in [-0.15, -0.1) is 0 Å². The van der Waals surface area contributed by atoms with Crippen LogP contribution in [0.3, 0.4) is 0 Å². The van der Waals surface area contributed by atoms with Crippen LogP contribution < -0.4 is 0 Å². The summed E-state index contributed by atoms with van der Waals surface area (Å²) in [5.74, 6) is -2.05. The molecular weight excluding hydrogens is 548 g/mol. The third-order valence-electron chi connectivity index (χ3n) is 7.29. The Balaban J connectivity index is 1.43. The monoisotopic (exact) mass is 586 g/mol. The molecule has 4 rings (SSSR count). The van der Waals surface area contributed by atoms with Crippen molar-refractivity contribution in [2.45, 2.75) is 52.8 Å². The number of hydrogen-bond acceptors (Lipinski definition) is 7. The summed E-state index contributed by atoms with van der Waals surface area (Å²) < 4.78 is 16.4. The minimum absolute atomic E-state index is 0.0636. The largest absolute Gasteiger partial charge is 0.447 e. The minimum Gasteiger partial charge on any atom is -0.447 e. The average molecular weight is 587 g/mol. The quantitative estimate of drug-likeness (QED) is 0.155. The zero-order chi connectivity index (χ0) is 30.8. The molecule has 9 heteroatoms. The lowest BCUT2D eigenvalue weighted by Gasteiger charge is -2.31. The minimum atomic E-state index is -0.885. The summed E-state index contributed by atoms with van der Waals surface area (Å²) in [6, 6.07) is 27.6. The van der Waals surface area contributed by atoms with E-state index in [9.17, 15) is 19.2 Å². The number of amides is 3. The van der Waals surface area contributed by atoms with Crippen LogP contribution in [0.15, 0.2) is 91.0 Å². The third kappa shape index (κ3) is 8.91. The Labute approximate surface area is 252 Å². The molecule has 0 spiro atoms. The van der Waals surface area contributed by atoms with Crippen LogP contribution in [0.5, 0.6) is 0 Å². The molecule has 1 saturated heterocycles. The summed E-state index contributed by atoms with van der Waals surface area (Å²) >= 11 is 0. The summed E-state index contributed by atoms with van der Waals surface area (Å²) in [5, 5.41) is 0. The summed E-state index contributed by atoms with van der Waals surface area (Å²) in [6.07, 6.45) is -1.17. The predicted octanol–water partition coefficient (Wildman–Crippen LogP) is 5.97. The van der Waals surface area contributed by atoms with Crippen molar-refractivity contribution in [1.82, 2.24) is 9.80 Å². The fraction of sp³-hybridized carbons (Fsp3) is 0.353. The first-order chi connectivity index (χ1) is 20.6. The zero-order valence-corrected chi connectivity index (χ0v) is 24.8. The fourth-order valence-corrected chi connectivity index (χ4v) is 4.84. The Hall–Kier alpha value is -4.66. The summed E-state index contributed by atoms with van der Waals surface area (Å²) in [5.41, 5.74) is 1.94. The molecule has 1 aliphatic heterocycles. The molecule has 3 aromatic rings. The second-order valence-corrected chi connectivity index (χ2v) is 11.6. The van der Waals surface area contributed by atoms with E-state index in [1.807, 2.05) is 112 Å².